The van der Waals surface area contributed by atoms with Gasteiger partial charge in [0.15, 0.2) is 0 Å². The highest BCUT2D eigenvalue weighted by atomic mass is 35.5. The van der Waals surface area contributed by atoms with Crippen molar-refractivity contribution in [3.8, 4) is 11.3 Å². The Morgan fingerprint density at radius 2 is 1.88 bits per heavy atom. The van der Waals surface area contributed by atoms with Crippen LogP contribution in [-0.2, 0) is 11.3 Å². The van der Waals surface area contributed by atoms with Gasteiger partial charge in [0.2, 0.25) is 5.91 Å². The Kier molecular flexibility index (Phi) is 5.86. The number of fused-ring (bicyclic) bond motifs is 1. The average molecular weight is 475 g/mol. The van der Waals surface area contributed by atoms with Crippen LogP contribution in [0.25, 0.3) is 11.3 Å². The first-order chi connectivity index (χ1) is 16.5. The zero-order valence-electron chi connectivity index (χ0n) is 18.0. The van der Waals surface area contributed by atoms with E-state index in [1.165, 1.54) is 12.1 Å². The molecule has 5 rings (SSSR count). The van der Waals surface area contributed by atoms with Crippen LogP contribution in [0.1, 0.15) is 33.9 Å². The predicted molar refractivity (Wildman–Crippen MR) is 128 cm³/mol. The smallest absolute Gasteiger partial charge is 0.252 e. The number of hydrogen-bond acceptors (Lipinski definition) is 3. The molecule has 2 heterocycles. The average Bonchev–Trinajstić information content (AvgIpc) is 3.46. The van der Waals surface area contributed by atoms with Crippen LogP contribution in [0, 0.1) is 5.82 Å². The van der Waals surface area contributed by atoms with Crippen LogP contribution in [0.3, 0.4) is 0 Å². The maximum atomic E-state index is 14.0. The van der Waals surface area contributed by atoms with Gasteiger partial charge in [0.25, 0.3) is 5.91 Å². The van der Waals surface area contributed by atoms with Gasteiger partial charge in [-0.05, 0) is 53.1 Å². The van der Waals surface area contributed by atoms with E-state index in [1.54, 1.807) is 35.6 Å². The number of amides is 2. The van der Waals surface area contributed by atoms with Crippen molar-refractivity contribution in [1.29, 1.82) is 0 Å². The van der Waals surface area contributed by atoms with Crippen LogP contribution in [-0.4, -0.2) is 21.8 Å². The summed E-state index contributed by atoms with van der Waals surface area (Å²) in [5.74, 6) is -0.876. The second kappa shape index (κ2) is 9.11. The molecule has 0 aliphatic carbocycles. The highest BCUT2D eigenvalue weighted by Gasteiger charge is 2.31. The van der Waals surface area contributed by atoms with Crippen LogP contribution < -0.4 is 10.2 Å². The van der Waals surface area contributed by atoms with Crippen molar-refractivity contribution < 1.29 is 14.0 Å². The van der Waals surface area contributed by atoms with Crippen LogP contribution >= 0.6 is 11.6 Å². The number of H-pyrrole nitrogens is 1. The third kappa shape index (κ3) is 4.43. The van der Waals surface area contributed by atoms with Crippen LogP contribution in [0.5, 0.6) is 0 Å². The van der Waals surface area contributed by atoms with Crippen molar-refractivity contribution in [3.63, 3.8) is 0 Å². The van der Waals surface area contributed by atoms with Crippen LogP contribution in [0.4, 0.5) is 10.1 Å². The summed E-state index contributed by atoms with van der Waals surface area (Å²) >= 11 is 6.05. The van der Waals surface area contributed by atoms with Gasteiger partial charge in [-0.25, -0.2) is 9.37 Å². The van der Waals surface area contributed by atoms with Gasteiger partial charge < -0.3 is 15.2 Å². The third-order valence-corrected chi connectivity index (χ3v) is 6.04. The van der Waals surface area contributed by atoms with Gasteiger partial charge in [-0.15, -0.1) is 0 Å². The van der Waals surface area contributed by atoms with Gasteiger partial charge in [-0.3, -0.25) is 9.59 Å². The Labute approximate surface area is 200 Å². The van der Waals surface area contributed by atoms with Crippen LogP contribution in [0.2, 0.25) is 5.02 Å². The number of benzene rings is 3. The molecule has 1 aliphatic rings. The number of halogens is 2. The molecule has 34 heavy (non-hydrogen) atoms. The first kappa shape index (κ1) is 21.9. The standard InChI is InChI=1S/C26H20ClFN4O2/c27-18-9-16(10-19(28)11-18)14-32(20-7-5-17(6-8-20)24-13-29-15-30-24)25(33)12-23-21-3-1-2-4-22(21)26(34)31-23/h1-11,13,15,23H,12,14H2,(H,29,30)(H,31,34). The Bertz CT molecular complexity index is 1340. The lowest BCUT2D eigenvalue weighted by atomic mass is 10.0. The SMILES string of the molecule is O=C1NC(CC(=O)N(Cc2cc(F)cc(Cl)c2)c2ccc(-c3cnc[nH]3)cc2)c2ccccc21. The summed E-state index contributed by atoms with van der Waals surface area (Å²) in [6, 6.07) is 18.4. The molecule has 1 aliphatic heterocycles. The fraction of sp³-hybridized carbons (Fsp3) is 0.115. The summed E-state index contributed by atoms with van der Waals surface area (Å²) in [5.41, 5.74) is 4.35. The maximum Gasteiger partial charge on any atom is 0.252 e. The zero-order chi connectivity index (χ0) is 23.7. The number of nitrogens with one attached hydrogen (secondary N) is 2. The first-order valence-electron chi connectivity index (χ1n) is 10.7. The number of carbonyl (C=O) groups is 2. The molecule has 4 aromatic rings. The fourth-order valence-corrected chi connectivity index (χ4v) is 4.45. The molecule has 1 aromatic heterocycles. The molecule has 3 aromatic carbocycles. The molecule has 0 fully saturated rings. The van der Waals surface area contributed by atoms with E-state index in [-0.39, 0.29) is 29.8 Å². The van der Waals surface area contributed by atoms with Gasteiger partial charge in [-0.1, -0.05) is 41.9 Å². The second-order valence-electron chi connectivity index (χ2n) is 8.09. The number of nitrogens with zero attached hydrogens (tertiary/aromatic N) is 2. The lowest BCUT2D eigenvalue weighted by Crippen LogP contribution is -2.33. The molecule has 0 saturated carbocycles. The molecular formula is C26H20ClFN4O2. The summed E-state index contributed by atoms with van der Waals surface area (Å²) in [4.78, 5) is 34.5. The normalized spacial score (nSPS) is 14.5. The molecule has 1 atom stereocenters. The summed E-state index contributed by atoms with van der Waals surface area (Å²) in [5, 5.41) is 3.15. The highest BCUT2D eigenvalue weighted by molar-refractivity contribution is 6.30. The van der Waals surface area contributed by atoms with E-state index < -0.39 is 11.9 Å². The van der Waals surface area contributed by atoms with Crippen molar-refractivity contribution in [3.05, 3.63) is 107 Å². The van der Waals surface area contributed by atoms with Gasteiger partial charge in [-0.2, -0.15) is 0 Å². The van der Waals surface area contributed by atoms with E-state index in [1.807, 2.05) is 36.4 Å². The lowest BCUT2D eigenvalue weighted by molar-refractivity contribution is -0.119. The summed E-state index contributed by atoms with van der Waals surface area (Å²) < 4.78 is 14.0. The van der Waals surface area contributed by atoms with E-state index >= 15 is 0 Å². The van der Waals surface area contributed by atoms with Crippen molar-refractivity contribution >= 4 is 29.1 Å². The summed E-state index contributed by atoms with van der Waals surface area (Å²) in [6.45, 7) is 0.127. The van der Waals surface area contributed by atoms with Gasteiger partial charge in [0, 0.05) is 16.3 Å². The Hall–Kier alpha value is -3.97. The Morgan fingerprint density at radius 3 is 2.62 bits per heavy atom. The largest absolute Gasteiger partial charge is 0.345 e. The number of rotatable bonds is 6. The van der Waals surface area contributed by atoms with Gasteiger partial charge >= 0.3 is 0 Å². The minimum atomic E-state index is -0.471. The minimum Gasteiger partial charge on any atom is -0.345 e. The number of aromatic nitrogens is 2. The summed E-state index contributed by atoms with van der Waals surface area (Å²) in [7, 11) is 0. The van der Waals surface area contributed by atoms with Gasteiger partial charge in [0.05, 0.1) is 37.2 Å². The number of anilines is 1. The van der Waals surface area contributed by atoms with Crippen molar-refractivity contribution in [2.45, 2.75) is 19.0 Å². The molecule has 0 bridgehead atoms. The predicted octanol–water partition coefficient (Wildman–Crippen LogP) is 5.28. The van der Waals surface area contributed by atoms with Crippen molar-refractivity contribution in [2.24, 2.45) is 0 Å². The molecule has 0 saturated heterocycles. The maximum absolute atomic E-state index is 14.0. The molecular weight excluding hydrogens is 455 g/mol. The molecule has 1 unspecified atom stereocenters. The number of aromatic amines is 1. The molecule has 8 heteroatoms. The molecule has 0 spiro atoms. The third-order valence-electron chi connectivity index (χ3n) is 5.82. The first-order valence-corrected chi connectivity index (χ1v) is 11.1. The quantitative estimate of drug-likeness (QED) is 0.399. The minimum absolute atomic E-state index is 0.0636. The molecule has 6 nitrogen and oxygen atoms in total. The molecule has 2 amide bonds. The van der Waals surface area contributed by atoms with E-state index in [0.717, 1.165) is 16.8 Å². The highest BCUT2D eigenvalue weighted by Crippen LogP contribution is 2.30. The molecule has 0 radical (unpaired) electrons. The van der Waals surface area contributed by atoms with E-state index in [2.05, 4.69) is 15.3 Å². The number of carbonyl (C=O) groups excluding carboxylic acids is 2. The monoisotopic (exact) mass is 474 g/mol. The Balaban J connectivity index is 1.45. The van der Waals surface area contributed by atoms with Crippen molar-refractivity contribution in [2.75, 3.05) is 4.90 Å². The van der Waals surface area contributed by atoms with Gasteiger partial charge in [0.1, 0.15) is 5.82 Å². The summed E-state index contributed by atoms with van der Waals surface area (Å²) in [6.07, 6.45) is 3.38. The van der Waals surface area contributed by atoms with Crippen LogP contribution in [0.15, 0.2) is 79.3 Å². The topological polar surface area (TPSA) is 78.1 Å². The molecule has 170 valence electrons. The van der Waals surface area contributed by atoms with E-state index in [0.29, 0.717) is 16.8 Å². The number of imidazole rings is 1. The van der Waals surface area contributed by atoms with E-state index in [4.69, 9.17) is 11.6 Å². The Morgan fingerprint density at radius 1 is 1.09 bits per heavy atom. The lowest BCUT2D eigenvalue weighted by Gasteiger charge is -2.25. The van der Waals surface area contributed by atoms with Crippen molar-refractivity contribution in [1.82, 2.24) is 15.3 Å². The zero-order valence-corrected chi connectivity index (χ0v) is 18.7. The fourth-order valence-electron chi connectivity index (χ4n) is 4.21. The molecule has 2 N–H and O–H groups in total. The second-order valence-corrected chi connectivity index (χ2v) is 8.52. The number of hydrogen-bond donors (Lipinski definition) is 2. The van der Waals surface area contributed by atoms with E-state index in [9.17, 15) is 14.0 Å².